The summed E-state index contributed by atoms with van der Waals surface area (Å²) in [6, 6.07) is 3.10. The second-order valence-electron chi connectivity index (χ2n) is 7.42. The Morgan fingerprint density at radius 2 is 1.82 bits per heavy atom. The van der Waals surface area contributed by atoms with E-state index in [1.54, 1.807) is 0 Å². The number of nitrogens with one attached hydrogen (secondary N) is 1. The van der Waals surface area contributed by atoms with Gasteiger partial charge in [-0.3, -0.25) is 14.8 Å². The molecule has 0 spiro atoms. The Hall–Kier alpha value is -1.87. The van der Waals surface area contributed by atoms with Crippen molar-refractivity contribution in [3.63, 3.8) is 0 Å². The summed E-state index contributed by atoms with van der Waals surface area (Å²) in [7, 11) is 0. The maximum atomic E-state index is 12.6. The van der Waals surface area contributed by atoms with Crippen LogP contribution in [0.15, 0.2) is 18.3 Å². The molecule has 2 saturated heterocycles. The van der Waals surface area contributed by atoms with Gasteiger partial charge in [0.2, 0.25) is 0 Å². The fraction of sp³-hybridized carbons (Fsp3) is 0.684. The summed E-state index contributed by atoms with van der Waals surface area (Å²) in [5.41, 5.74) is -0.0382. The van der Waals surface area contributed by atoms with Crippen LogP contribution in [0.25, 0.3) is 0 Å². The predicted octanol–water partition coefficient (Wildman–Crippen LogP) is 2.41. The van der Waals surface area contributed by atoms with E-state index in [4.69, 9.17) is 0 Å². The highest BCUT2D eigenvalue weighted by molar-refractivity contribution is 5.74. The largest absolute Gasteiger partial charge is 0.433 e. The molecule has 2 fully saturated rings. The molecule has 1 aromatic heterocycles. The number of alkyl halides is 3. The molecule has 0 atom stereocenters. The molecule has 0 unspecified atom stereocenters. The van der Waals surface area contributed by atoms with Crippen molar-refractivity contribution in [1.29, 1.82) is 0 Å². The van der Waals surface area contributed by atoms with Gasteiger partial charge < -0.3 is 10.2 Å². The first-order valence-corrected chi connectivity index (χ1v) is 9.88. The maximum absolute atomic E-state index is 12.6. The lowest BCUT2D eigenvalue weighted by atomic mass is 10.0. The fourth-order valence-electron chi connectivity index (χ4n) is 3.94. The standard InChI is InChI=1S/C19H28F3N5O/c1-2-23-18(28)27-11-9-26(10-12-27)16-5-7-25(8-6-16)14-15-3-4-17(24-13-15)19(20,21)22/h3-4,13,16H,2,5-12,14H2,1H3,(H,23,28). The summed E-state index contributed by atoms with van der Waals surface area (Å²) < 4.78 is 37.8. The first-order chi connectivity index (χ1) is 13.4. The number of hydrogen-bond acceptors (Lipinski definition) is 4. The molecule has 0 radical (unpaired) electrons. The van der Waals surface area contributed by atoms with E-state index in [0.29, 0.717) is 19.1 Å². The van der Waals surface area contributed by atoms with Gasteiger partial charge in [-0.2, -0.15) is 13.2 Å². The van der Waals surface area contributed by atoms with Crippen LogP contribution in [0.1, 0.15) is 31.0 Å². The van der Waals surface area contributed by atoms with E-state index in [9.17, 15) is 18.0 Å². The van der Waals surface area contributed by atoms with Crippen LogP contribution in [-0.2, 0) is 12.7 Å². The Kier molecular flexibility index (Phi) is 6.77. The van der Waals surface area contributed by atoms with Crippen LogP contribution in [0.4, 0.5) is 18.0 Å². The molecule has 2 aliphatic heterocycles. The lowest BCUT2D eigenvalue weighted by Gasteiger charge is -2.42. The van der Waals surface area contributed by atoms with Crippen molar-refractivity contribution in [2.24, 2.45) is 0 Å². The van der Waals surface area contributed by atoms with Gasteiger partial charge in [0.05, 0.1) is 0 Å². The third-order valence-corrected chi connectivity index (χ3v) is 5.52. The van der Waals surface area contributed by atoms with Crippen molar-refractivity contribution >= 4 is 6.03 Å². The Morgan fingerprint density at radius 3 is 2.36 bits per heavy atom. The van der Waals surface area contributed by atoms with Gasteiger partial charge >= 0.3 is 12.2 Å². The minimum atomic E-state index is -4.39. The van der Waals surface area contributed by atoms with Crippen LogP contribution < -0.4 is 5.32 Å². The second kappa shape index (κ2) is 9.09. The zero-order chi connectivity index (χ0) is 20.1. The number of hydrogen-bond donors (Lipinski definition) is 1. The molecule has 0 aliphatic carbocycles. The third kappa shape index (κ3) is 5.35. The number of likely N-dealkylation sites (tertiary alicyclic amines) is 1. The maximum Gasteiger partial charge on any atom is 0.433 e. The Labute approximate surface area is 163 Å². The quantitative estimate of drug-likeness (QED) is 0.845. The molecule has 3 rings (SSSR count). The van der Waals surface area contributed by atoms with Crippen molar-refractivity contribution in [1.82, 2.24) is 25.0 Å². The normalized spacial score (nSPS) is 20.4. The first kappa shape index (κ1) is 20.9. The van der Waals surface area contributed by atoms with Crippen molar-refractivity contribution in [3.8, 4) is 0 Å². The molecule has 0 aromatic carbocycles. The smallest absolute Gasteiger partial charge is 0.338 e. The number of nitrogens with zero attached hydrogens (tertiary/aromatic N) is 4. The lowest BCUT2D eigenvalue weighted by molar-refractivity contribution is -0.141. The number of carbonyl (C=O) groups is 1. The van der Waals surface area contributed by atoms with E-state index < -0.39 is 11.9 Å². The Bertz CT molecular complexity index is 636. The highest BCUT2D eigenvalue weighted by Gasteiger charge is 2.32. The molecule has 0 bridgehead atoms. The van der Waals surface area contributed by atoms with E-state index in [0.717, 1.165) is 63.7 Å². The molecule has 1 N–H and O–H groups in total. The highest BCUT2D eigenvalue weighted by atomic mass is 19.4. The van der Waals surface area contributed by atoms with Crippen LogP contribution in [0.2, 0.25) is 0 Å². The third-order valence-electron chi connectivity index (χ3n) is 5.52. The number of urea groups is 1. The molecule has 28 heavy (non-hydrogen) atoms. The number of carbonyl (C=O) groups excluding carboxylic acids is 1. The summed E-state index contributed by atoms with van der Waals surface area (Å²) in [5.74, 6) is 0. The number of pyridine rings is 1. The van der Waals surface area contributed by atoms with E-state index in [2.05, 4.69) is 20.1 Å². The summed E-state index contributed by atoms with van der Waals surface area (Å²) in [6.45, 7) is 8.32. The van der Waals surface area contributed by atoms with Crippen LogP contribution in [-0.4, -0.2) is 77.6 Å². The average Bonchev–Trinajstić information content (AvgIpc) is 2.69. The summed E-state index contributed by atoms with van der Waals surface area (Å²) in [4.78, 5) is 22.0. The molecule has 3 heterocycles. The predicted molar refractivity (Wildman–Crippen MR) is 99.8 cm³/mol. The fourth-order valence-corrected chi connectivity index (χ4v) is 3.94. The van der Waals surface area contributed by atoms with Gasteiger partial charge in [-0.15, -0.1) is 0 Å². The van der Waals surface area contributed by atoms with Gasteiger partial charge in [-0.25, -0.2) is 4.79 Å². The van der Waals surface area contributed by atoms with Gasteiger partial charge in [0.15, 0.2) is 0 Å². The van der Waals surface area contributed by atoms with Crippen molar-refractivity contribution in [2.75, 3.05) is 45.8 Å². The first-order valence-electron chi connectivity index (χ1n) is 9.88. The number of piperazine rings is 1. The van der Waals surface area contributed by atoms with Gasteiger partial charge in [-0.1, -0.05) is 6.07 Å². The van der Waals surface area contributed by atoms with E-state index in [-0.39, 0.29) is 6.03 Å². The molecule has 9 heteroatoms. The Morgan fingerprint density at radius 1 is 1.14 bits per heavy atom. The van der Waals surface area contributed by atoms with Crippen molar-refractivity contribution in [2.45, 2.75) is 38.5 Å². The summed E-state index contributed by atoms with van der Waals surface area (Å²) in [6.07, 6.45) is -0.988. The summed E-state index contributed by atoms with van der Waals surface area (Å²) >= 11 is 0. The molecule has 1 aromatic rings. The number of amides is 2. The number of aromatic nitrogens is 1. The summed E-state index contributed by atoms with van der Waals surface area (Å²) in [5, 5.41) is 2.84. The SMILES string of the molecule is CCNC(=O)N1CCN(C2CCN(Cc3ccc(C(F)(F)F)nc3)CC2)CC1. The zero-order valence-electron chi connectivity index (χ0n) is 16.2. The zero-order valence-corrected chi connectivity index (χ0v) is 16.2. The van der Waals surface area contributed by atoms with Crippen LogP contribution in [0.5, 0.6) is 0 Å². The minimum absolute atomic E-state index is 0.0159. The molecular formula is C19H28F3N5O. The topological polar surface area (TPSA) is 51.7 Å². The molecule has 156 valence electrons. The van der Waals surface area contributed by atoms with E-state index >= 15 is 0 Å². The van der Waals surface area contributed by atoms with Gasteiger partial charge in [0.25, 0.3) is 0 Å². The van der Waals surface area contributed by atoms with E-state index in [1.165, 1.54) is 12.3 Å². The molecular weight excluding hydrogens is 371 g/mol. The second-order valence-corrected chi connectivity index (χ2v) is 7.42. The number of rotatable bonds is 4. The van der Waals surface area contributed by atoms with Gasteiger partial charge in [-0.05, 0) is 44.5 Å². The number of halogens is 3. The average molecular weight is 399 g/mol. The number of piperidine rings is 1. The molecule has 0 saturated carbocycles. The molecule has 6 nitrogen and oxygen atoms in total. The monoisotopic (exact) mass is 399 g/mol. The molecule has 2 amide bonds. The van der Waals surface area contributed by atoms with E-state index in [1.807, 2.05) is 11.8 Å². The highest BCUT2D eigenvalue weighted by Crippen LogP contribution is 2.27. The van der Waals surface area contributed by atoms with Crippen LogP contribution >= 0.6 is 0 Å². The lowest BCUT2D eigenvalue weighted by Crippen LogP contribution is -2.55. The van der Waals surface area contributed by atoms with Crippen molar-refractivity contribution < 1.29 is 18.0 Å². The van der Waals surface area contributed by atoms with Crippen molar-refractivity contribution in [3.05, 3.63) is 29.6 Å². The van der Waals surface area contributed by atoms with Crippen LogP contribution in [0, 0.1) is 0 Å². The minimum Gasteiger partial charge on any atom is -0.338 e. The Balaban J connectivity index is 1.42. The van der Waals surface area contributed by atoms with Gasteiger partial charge in [0, 0.05) is 51.5 Å². The molecule has 2 aliphatic rings. The van der Waals surface area contributed by atoms with Gasteiger partial charge in [0.1, 0.15) is 5.69 Å². The van der Waals surface area contributed by atoms with Crippen LogP contribution in [0.3, 0.4) is 0 Å².